The minimum atomic E-state index is -0.435. The number of thiophene rings is 1. The quantitative estimate of drug-likeness (QED) is 0.846. The topological polar surface area (TPSA) is 55.4 Å². The molecule has 0 aliphatic heterocycles. The molecule has 23 heavy (non-hydrogen) atoms. The number of hydrogen-bond acceptors (Lipinski definition) is 4. The van der Waals surface area contributed by atoms with Crippen LogP contribution in [0.3, 0.4) is 0 Å². The average molecular weight is 350 g/mol. The Bertz CT molecular complexity index is 700. The lowest BCUT2D eigenvalue weighted by Crippen LogP contribution is -2.20. The third-order valence-corrected chi connectivity index (χ3v) is 5.13. The standard InChI is InChI=1S/C17H16ClNO3S/c18-12-5-7-13(8-6-12)19-16(20)10-22-17(21)15-9-11-3-1-2-4-14(11)23-15/h5-9H,1-4,10H2,(H,19,20). The summed E-state index contributed by atoms with van der Waals surface area (Å²) in [5.41, 5.74) is 1.86. The Labute approximate surface area is 143 Å². The second-order valence-corrected chi connectivity index (χ2v) is 6.97. The predicted molar refractivity (Wildman–Crippen MR) is 91.3 cm³/mol. The van der Waals surface area contributed by atoms with E-state index in [9.17, 15) is 9.59 Å². The van der Waals surface area contributed by atoms with E-state index < -0.39 is 5.97 Å². The van der Waals surface area contributed by atoms with Crippen molar-refractivity contribution >= 4 is 40.5 Å². The zero-order valence-electron chi connectivity index (χ0n) is 12.4. The van der Waals surface area contributed by atoms with Crippen molar-refractivity contribution in [2.24, 2.45) is 0 Å². The molecule has 1 N–H and O–H groups in total. The van der Waals surface area contributed by atoms with E-state index in [1.54, 1.807) is 24.3 Å². The molecule has 0 spiro atoms. The number of carbonyl (C=O) groups is 2. The van der Waals surface area contributed by atoms with E-state index in [-0.39, 0.29) is 12.5 Å². The van der Waals surface area contributed by atoms with Gasteiger partial charge < -0.3 is 10.1 Å². The van der Waals surface area contributed by atoms with E-state index in [1.807, 2.05) is 6.07 Å². The maximum atomic E-state index is 12.1. The number of esters is 1. The molecule has 0 atom stereocenters. The summed E-state index contributed by atoms with van der Waals surface area (Å²) in [4.78, 5) is 25.7. The molecule has 0 radical (unpaired) electrons. The van der Waals surface area contributed by atoms with Crippen LogP contribution in [-0.4, -0.2) is 18.5 Å². The zero-order valence-corrected chi connectivity index (χ0v) is 14.0. The van der Waals surface area contributed by atoms with Crippen LogP contribution < -0.4 is 5.32 Å². The molecule has 120 valence electrons. The van der Waals surface area contributed by atoms with E-state index >= 15 is 0 Å². The minimum absolute atomic E-state index is 0.302. The van der Waals surface area contributed by atoms with Crippen LogP contribution in [0.1, 0.15) is 33.0 Å². The number of benzene rings is 1. The summed E-state index contributed by atoms with van der Waals surface area (Å²) in [6.45, 7) is -0.302. The third-order valence-electron chi connectivity index (χ3n) is 3.66. The van der Waals surface area contributed by atoms with Crippen LogP contribution in [0.2, 0.25) is 5.02 Å². The second-order valence-electron chi connectivity index (χ2n) is 5.40. The van der Waals surface area contributed by atoms with Crippen LogP contribution in [0.4, 0.5) is 5.69 Å². The molecule has 1 heterocycles. The molecule has 1 aromatic carbocycles. The second kappa shape index (κ2) is 7.15. The van der Waals surface area contributed by atoms with Gasteiger partial charge in [0.1, 0.15) is 4.88 Å². The molecule has 4 nitrogen and oxygen atoms in total. The summed E-state index contributed by atoms with van der Waals surface area (Å²) in [5.74, 6) is -0.808. The van der Waals surface area contributed by atoms with Crippen LogP contribution >= 0.6 is 22.9 Å². The first kappa shape index (κ1) is 16.0. The fourth-order valence-corrected chi connectivity index (χ4v) is 3.80. The van der Waals surface area contributed by atoms with Crippen molar-refractivity contribution in [3.8, 4) is 0 Å². The summed E-state index contributed by atoms with van der Waals surface area (Å²) in [6.07, 6.45) is 4.40. The molecule has 1 aliphatic carbocycles. The summed E-state index contributed by atoms with van der Waals surface area (Å²) in [6, 6.07) is 8.64. The summed E-state index contributed by atoms with van der Waals surface area (Å²) in [5, 5.41) is 3.25. The van der Waals surface area contributed by atoms with Crippen molar-refractivity contribution in [2.45, 2.75) is 25.7 Å². The molecule has 0 fully saturated rings. The predicted octanol–water partition coefficient (Wildman–Crippen LogP) is 4.08. The first-order valence-corrected chi connectivity index (χ1v) is 8.65. The van der Waals surface area contributed by atoms with Crippen LogP contribution in [0.15, 0.2) is 30.3 Å². The molecule has 6 heteroatoms. The number of fused-ring (bicyclic) bond motifs is 1. The number of hydrogen-bond donors (Lipinski definition) is 1. The number of ether oxygens (including phenoxy) is 1. The Morgan fingerprint density at radius 1 is 1.17 bits per heavy atom. The number of carbonyl (C=O) groups excluding carboxylic acids is 2. The third kappa shape index (κ3) is 4.12. The van der Waals surface area contributed by atoms with Crippen molar-refractivity contribution in [3.05, 3.63) is 50.7 Å². The average Bonchev–Trinajstić information content (AvgIpc) is 2.99. The van der Waals surface area contributed by atoms with E-state index in [1.165, 1.54) is 34.6 Å². The Kier molecular flexibility index (Phi) is 4.98. The summed E-state index contributed by atoms with van der Waals surface area (Å²) >= 11 is 7.26. The van der Waals surface area contributed by atoms with Gasteiger partial charge in [0.15, 0.2) is 6.61 Å². The van der Waals surface area contributed by atoms with Gasteiger partial charge in [0.05, 0.1) is 0 Å². The highest BCUT2D eigenvalue weighted by atomic mass is 35.5. The molecule has 0 saturated heterocycles. The number of amides is 1. The Morgan fingerprint density at radius 3 is 2.65 bits per heavy atom. The lowest BCUT2D eigenvalue weighted by atomic mass is 9.99. The lowest BCUT2D eigenvalue weighted by molar-refractivity contribution is -0.119. The van der Waals surface area contributed by atoms with E-state index in [0.29, 0.717) is 15.6 Å². The normalized spacial score (nSPS) is 13.3. The monoisotopic (exact) mass is 349 g/mol. The van der Waals surface area contributed by atoms with Crippen molar-refractivity contribution in [1.82, 2.24) is 0 Å². The maximum Gasteiger partial charge on any atom is 0.348 e. The Hall–Kier alpha value is -1.85. The van der Waals surface area contributed by atoms with Gasteiger partial charge in [-0.05, 0) is 61.6 Å². The number of anilines is 1. The van der Waals surface area contributed by atoms with Gasteiger partial charge in [0, 0.05) is 15.6 Å². The number of rotatable bonds is 4. The number of aryl methyl sites for hydroxylation is 2. The molecule has 0 saturated carbocycles. The zero-order chi connectivity index (χ0) is 16.2. The van der Waals surface area contributed by atoms with Gasteiger partial charge in [-0.15, -0.1) is 11.3 Å². The van der Waals surface area contributed by atoms with Gasteiger partial charge in [-0.2, -0.15) is 0 Å². The number of nitrogens with one attached hydrogen (secondary N) is 1. The fourth-order valence-electron chi connectivity index (χ4n) is 2.52. The van der Waals surface area contributed by atoms with Gasteiger partial charge >= 0.3 is 5.97 Å². The van der Waals surface area contributed by atoms with Crippen LogP contribution in [-0.2, 0) is 22.4 Å². The molecule has 1 aliphatic rings. The first-order valence-electron chi connectivity index (χ1n) is 7.46. The van der Waals surface area contributed by atoms with Crippen LogP contribution in [0, 0.1) is 0 Å². The smallest absolute Gasteiger partial charge is 0.348 e. The van der Waals surface area contributed by atoms with Crippen molar-refractivity contribution in [1.29, 1.82) is 0 Å². The minimum Gasteiger partial charge on any atom is -0.451 e. The molecule has 0 bridgehead atoms. The van der Waals surface area contributed by atoms with E-state index in [2.05, 4.69) is 5.32 Å². The maximum absolute atomic E-state index is 12.1. The summed E-state index contributed by atoms with van der Waals surface area (Å²) in [7, 11) is 0. The molecular weight excluding hydrogens is 334 g/mol. The molecule has 2 aromatic rings. The van der Waals surface area contributed by atoms with Crippen LogP contribution in [0.5, 0.6) is 0 Å². The lowest BCUT2D eigenvalue weighted by Gasteiger charge is -2.08. The fraction of sp³-hybridized carbons (Fsp3) is 0.294. The summed E-state index contributed by atoms with van der Waals surface area (Å²) < 4.78 is 5.10. The Balaban J connectivity index is 1.53. The highest BCUT2D eigenvalue weighted by molar-refractivity contribution is 7.14. The van der Waals surface area contributed by atoms with E-state index in [4.69, 9.17) is 16.3 Å². The Morgan fingerprint density at radius 2 is 1.91 bits per heavy atom. The highest BCUT2D eigenvalue weighted by Crippen LogP contribution is 2.30. The van der Waals surface area contributed by atoms with E-state index in [0.717, 1.165) is 12.8 Å². The van der Waals surface area contributed by atoms with Crippen molar-refractivity contribution in [3.63, 3.8) is 0 Å². The molecular formula is C17H16ClNO3S. The largest absolute Gasteiger partial charge is 0.451 e. The van der Waals surface area contributed by atoms with Crippen LogP contribution in [0.25, 0.3) is 0 Å². The highest BCUT2D eigenvalue weighted by Gasteiger charge is 2.18. The van der Waals surface area contributed by atoms with Crippen molar-refractivity contribution < 1.29 is 14.3 Å². The van der Waals surface area contributed by atoms with Crippen molar-refractivity contribution in [2.75, 3.05) is 11.9 Å². The first-order chi connectivity index (χ1) is 11.1. The van der Waals surface area contributed by atoms with Gasteiger partial charge in [-0.25, -0.2) is 4.79 Å². The van der Waals surface area contributed by atoms with Gasteiger partial charge in [0.25, 0.3) is 5.91 Å². The molecule has 1 aromatic heterocycles. The van der Waals surface area contributed by atoms with Gasteiger partial charge in [-0.1, -0.05) is 11.6 Å². The SMILES string of the molecule is O=C(COC(=O)c1cc2c(s1)CCCC2)Nc1ccc(Cl)cc1. The molecule has 0 unspecified atom stereocenters. The molecule has 3 rings (SSSR count). The number of halogens is 1. The molecule has 1 amide bonds. The van der Waals surface area contributed by atoms with Gasteiger partial charge in [-0.3, -0.25) is 4.79 Å². The van der Waals surface area contributed by atoms with Gasteiger partial charge in [0.2, 0.25) is 0 Å².